The molecule has 0 unspecified atom stereocenters. The van der Waals surface area contributed by atoms with Gasteiger partial charge in [0.2, 0.25) is 0 Å². The highest BCUT2D eigenvalue weighted by atomic mass is 19.4. The van der Waals surface area contributed by atoms with Crippen LogP contribution in [0.1, 0.15) is 34.5 Å². The normalized spacial score (nSPS) is 16.0. The van der Waals surface area contributed by atoms with Crippen LogP contribution < -0.4 is 10.4 Å². The van der Waals surface area contributed by atoms with Crippen molar-refractivity contribution in [3.05, 3.63) is 59.4 Å². The van der Waals surface area contributed by atoms with Crippen molar-refractivity contribution < 1.29 is 41.1 Å². The number of likely N-dealkylation sites (tertiary alicyclic amines) is 1. The quantitative estimate of drug-likeness (QED) is 0.559. The Balaban J connectivity index is 1.66. The minimum atomic E-state index is -4.64. The topological polar surface area (TPSA) is 85.6 Å². The second-order valence-corrected chi connectivity index (χ2v) is 8.02. The molecule has 34 heavy (non-hydrogen) atoms. The highest BCUT2D eigenvalue weighted by Gasteiger charge is 2.36. The first kappa shape index (κ1) is 23.5. The van der Waals surface area contributed by atoms with Crippen molar-refractivity contribution >= 4 is 23.0 Å². The molecule has 1 aliphatic heterocycles. The number of carbonyl (C=O) groups is 2. The zero-order valence-electron chi connectivity index (χ0n) is 17.5. The largest absolute Gasteiger partial charge is 0.530 e. The molecule has 3 aromatic rings. The number of hydrogen-bond donors (Lipinski definition) is 1. The first-order valence-corrected chi connectivity index (χ1v) is 10.3. The Labute approximate surface area is 189 Å². The molecular formula is C23H18F5N2O4-. The first-order valence-electron chi connectivity index (χ1n) is 10.3. The van der Waals surface area contributed by atoms with E-state index < -0.39 is 42.5 Å². The molecular weight excluding hydrogens is 463 g/mol. The Morgan fingerprint density at radius 1 is 1.06 bits per heavy atom. The summed E-state index contributed by atoms with van der Waals surface area (Å²) < 4.78 is 72.7. The number of amides is 2. The summed E-state index contributed by atoms with van der Waals surface area (Å²) in [5.74, 6) is -3.15. The predicted octanol–water partition coefficient (Wildman–Crippen LogP) is 4.42. The standard InChI is InChI=1S/C23H19F5N2O4/c24-22(25)5-7-30(8-6-22)20(31)14-3-1-13(2-4-14)18-11-16(23(26,27)28)9-15-10-17(34-19(15)18)12-29-21(32)33/h1-4,9-11,29H,5-8,12H2,(H,32,33)/p-1. The van der Waals surface area contributed by atoms with Crippen LogP contribution in [0, 0.1) is 0 Å². The maximum absolute atomic E-state index is 13.5. The summed E-state index contributed by atoms with van der Waals surface area (Å²) in [6.07, 6.45) is -7.05. The van der Waals surface area contributed by atoms with Gasteiger partial charge in [-0.05, 0) is 35.9 Å². The number of carboxylic acid groups (broad SMARTS) is 1. The molecule has 0 saturated carbocycles. The number of alkyl halides is 5. The average molecular weight is 481 g/mol. The smallest absolute Gasteiger partial charge is 0.416 e. The van der Waals surface area contributed by atoms with E-state index in [4.69, 9.17) is 4.42 Å². The van der Waals surface area contributed by atoms with Crippen LogP contribution in [0.5, 0.6) is 0 Å². The number of carbonyl (C=O) groups excluding carboxylic acids is 2. The summed E-state index contributed by atoms with van der Waals surface area (Å²) >= 11 is 0. The van der Waals surface area contributed by atoms with Crippen LogP contribution in [0.3, 0.4) is 0 Å². The minimum absolute atomic E-state index is 0.0864. The molecule has 0 spiro atoms. The van der Waals surface area contributed by atoms with Crippen LogP contribution in [0.4, 0.5) is 26.7 Å². The summed E-state index contributed by atoms with van der Waals surface area (Å²) in [6.45, 7) is -0.464. The van der Waals surface area contributed by atoms with Gasteiger partial charge < -0.3 is 24.5 Å². The third-order valence-corrected chi connectivity index (χ3v) is 5.63. The monoisotopic (exact) mass is 481 g/mol. The predicted molar refractivity (Wildman–Crippen MR) is 109 cm³/mol. The van der Waals surface area contributed by atoms with Crippen LogP contribution in [0.25, 0.3) is 22.1 Å². The van der Waals surface area contributed by atoms with Crippen molar-refractivity contribution in [2.45, 2.75) is 31.5 Å². The van der Waals surface area contributed by atoms with Crippen LogP contribution in [-0.2, 0) is 12.7 Å². The molecule has 2 heterocycles. The zero-order valence-corrected chi connectivity index (χ0v) is 17.5. The van der Waals surface area contributed by atoms with Crippen LogP contribution in [-0.4, -0.2) is 35.9 Å². The molecule has 0 aliphatic carbocycles. The minimum Gasteiger partial charge on any atom is -0.530 e. The lowest BCUT2D eigenvalue weighted by molar-refractivity contribution is -0.251. The highest BCUT2D eigenvalue weighted by molar-refractivity contribution is 5.97. The molecule has 2 aromatic carbocycles. The fraction of sp³-hybridized carbons (Fsp3) is 0.304. The summed E-state index contributed by atoms with van der Waals surface area (Å²) in [6, 6.07) is 8.83. The Kier molecular flexibility index (Phi) is 5.96. The third kappa shape index (κ3) is 4.97. The Morgan fingerprint density at radius 2 is 1.71 bits per heavy atom. The summed E-state index contributed by atoms with van der Waals surface area (Å²) in [5.41, 5.74) is -0.173. The maximum Gasteiger partial charge on any atom is 0.416 e. The number of rotatable bonds is 4. The van der Waals surface area contributed by atoms with Crippen molar-refractivity contribution in [3.8, 4) is 11.1 Å². The van der Waals surface area contributed by atoms with Crippen LogP contribution in [0.2, 0.25) is 0 Å². The molecule has 11 heteroatoms. The van der Waals surface area contributed by atoms with Gasteiger partial charge in [0.15, 0.2) is 0 Å². The highest BCUT2D eigenvalue weighted by Crippen LogP contribution is 2.38. The molecule has 1 aromatic heterocycles. The van der Waals surface area contributed by atoms with E-state index in [-0.39, 0.29) is 47.5 Å². The SMILES string of the molecule is O=C([O-])NCc1cc2cc(C(F)(F)F)cc(-c3ccc(C(=O)N4CCC(F)(F)CC4)cc3)c2o1. The van der Waals surface area contributed by atoms with E-state index >= 15 is 0 Å². The van der Waals surface area contributed by atoms with E-state index in [1.54, 1.807) is 0 Å². The number of fused-ring (bicyclic) bond motifs is 1. The van der Waals surface area contributed by atoms with Gasteiger partial charge in [0.25, 0.3) is 11.8 Å². The molecule has 1 N–H and O–H groups in total. The third-order valence-electron chi connectivity index (χ3n) is 5.63. The Bertz CT molecular complexity index is 1220. The van der Waals surface area contributed by atoms with Crippen LogP contribution >= 0.6 is 0 Å². The van der Waals surface area contributed by atoms with Gasteiger partial charge in [-0.15, -0.1) is 0 Å². The molecule has 0 bridgehead atoms. The van der Waals surface area contributed by atoms with Gasteiger partial charge in [-0.25, -0.2) is 8.78 Å². The van der Waals surface area contributed by atoms with E-state index in [1.807, 2.05) is 5.32 Å². The zero-order chi connectivity index (χ0) is 24.7. The van der Waals surface area contributed by atoms with Crippen molar-refractivity contribution in [1.82, 2.24) is 10.2 Å². The molecule has 1 aliphatic rings. The number of furan rings is 1. The molecule has 0 atom stereocenters. The second-order valence-electron chi connectivity index (χ2n) is 8.02. The van der Waals surface area contributed by atoms with Gasteiger partial charge in [0.1, 0.15) is 17.4 Å². The van der Waals surface area contributed by atoms with Gasteiger partial charge in [-0.3, -0.25) is 4.79 Å². The van der Waals surface area contributed by atoms with Crippen molar-refractivity contribution in [2.75, 3.05) is 13.1 Å². The van der Waals surface area contributed by atoms with E-state index in [1.165, 1.54) is 35.2 Å². The number of nitrogens with zero attached hydrogens (tertiary/aromatic N) is 1. The van der Waals surface area contributed by atoms with Gasteiger partial charge in [0.05, 0.1) is 12.1 Å². The summed E-state index contributed by atoms with van der Waals surface area (Å²) in [5, 5.41) is 12.7. The number of halogens is 5. The fourth-order valence-electron chi connectivity index (χ4n) is 3.84. The molecule has 6 nitrogen and oxygen atoms in total. The van der Waals surface area contributed by atoms with E-state index in [0.29, 0.717) is 5.56 Å². The average Bonchev–Trinajstić information content (AvgIpc) is 3.19. The number of benzene rings is 2. The second kappa shape index (κ2) is 8.62. The van der Waals surface area contributed by atoms with Gasteiger partial charge in [0, 0.05) is 42.4 Å². The Hall–Kier alpha value is -3.63. The number of piperidine rings is 1. The lowest BCUT2D eigenvalue weighted by atomic mass is 9.98. The molecule has 4 rings (SSSR count). The first-order chi connectivity index (χ1) is 15.9. The summed E-state index contributed by atoms with van der Waals surface area (Å²) in [4.78, 5) is 24.6. The van der Waals surface area contributed by atoms with Gasteiger partial charge in [-0.1, -0.05) is 12.1 Å². The lowest BCUT2D eigenvalue weighted by Gasteiger charge is -2.31. The molecule has 1 saturated heterocycles. The fourth-order valence-corrected chi connectivity index (χ4v) is 3.84. The number of nitrogens with one attached hydrogen (secondary N) is 1. The summed E-state index contributed by atoms with van der Waals surface area (Å²) in [7, 11) is 0. The molecule has 2 amide bonds. The van der Waals surface area contributed by atoms with E-state index in [2.05, 4.69) is 0 Å². The van der Waals surface area contributed by atoms with Crippen molar-refractivity contribution in [1.29, 1.82) is 0 Å². The Morgan fingerprint density at radius 3 is 2.29 bits per heavy atom. The van der Waals surface area contributed by atoms with Gasteiger partial charge >= 0.3 is 6.18 Å². The maximum atomic E-state index is 13.5. The van der Waals surface area contributed by atoms with Crippen molar-refractivity contribution in [2.24, 2.45) is 0 Å². The molecule has 1 fully saturated rings. The molecule has 0 radical (unpaired) electrons. The molecule has 180 valence electrons. The number of hydrogen-bond acceptors (Lipinski definition) is 4. The van der Waals surface area contributed by atoms with Crippen molar-refractivity contribution in [3.63, 3.8) is 0 Å². The van der Waals surface area contributed by atoms with Crippen LogP contribution in [0.15, 0.2) is 46.9 Å². The van der Waals surface area contributed by atoms with E-state index in [9.17, 15) is 36.6 Å². The van der Waals surface area contributed by atoms with Gasteiger partial charge in [-0.2, -0.15) is 13.2 Å². The lowest BCUT2D eigenvalue weighted by Crippen LogP contribution is -2.42. The van der Waals surface area contributed by atoms with E-state index in [0.717, 1.165) is 12.1 Å².